The lowest BCUT2D eigenvalue weighted by Crippen LogP contribution is -2.08. The average Bonchev–Trinajstić information content (AvgIpc) is 3.29. The Kier molecular flexibility index (Phi) is 4.12. The van der Waals surface area contributed by atoms with Crippen LogP contribution in [0.2, 0.25) is 0 Å². The lowest BCUT2D eigenvalue weighted by Gasteiger charge is -2.25. The van der Waals surface area contributed by atoms with E-state index in [1.165, 1.54) is 49.7 Å². The zero-order chi connectivity index (χ0) is 17.3. The number of hydrogen-bond acceptors (Lipinski definition) is 4. The molecule has 1 fully saturated rings. The third kappa shape index (κ3) is 2.98. The van der Waals surface area contributed by atoms with Crippen LogP contribution in [0.4, 0.5) is 0 Å². The molecule has 0 aromatic heterocycles. The molecule has 5 rings (SSSR count). The molecule has 2 heterocycles. The van der Waals surface area contributed by atoms with Crippen molar-refractivity contribution in [3.8, 4) is 23.0 Å². The van der Waals surface area contributed by atoms with Crippen LogP contribution in [0, 0.1) is 0 Å². The first kappa shape index (κ1) is 15.9. The van der Waals surface area contributed by atoms with E-state index in [0.717, 1.165) is 23.0 Å². The molecular formula is C22H24O4. The zero-order valence-corrected chi connectivity index (χ0v) is 14.9. The van der Waals surface area contributed by atoms with Gasteiger partial charge in [-0.2, -0.15) is 0 Å². The lowest BCUT2D eigenvalue weighted by molar-refractivity contribution is 0.173. The molecule has 2 aliphatic heterocycles. The molecule has 136 valence electrons. The Morgan fingerprint density at radius 3 is 1.42 bits per heavy atom. The van der Waals surface area contributed by atoms with Crippen molar-refractivity contribution in [1.29, 1.82) is 0 Å². The molecule has 0 saturated heterocycles. The molecule has 4 heteroatoms. The Morgan fingerprint density at radius 1 is 0.538 bits per heavy atom. The van der Waals surface area contributed by atoms with E-state index in [1.54, 1.807) is 0 Å². The molecule has 1 aliphatic carbocycles. The predicted molar refractivity (Wildman–Crippen MR) is 98.3 cm³/mol. The monoisotopic (exact) mass is 352 g/mol. The van der Waals surface area contributed by atoms with Gasteiger partial charge in [-0.05, 0) is 72.9 Å². The van der Waals surface area contributed by atoms with E-state index in [0.29, 0.717) is 25.4 Å². The molecule has 0 radical (unpaired) electrons. The van der Waals surface area contributed by atoms with Crippen LogP contribution in [0.25, 0.3) is 0 Å². The fraction of sp³-hybridized carbons (Fsp3) is 0.455. The highest BCUT2D eigenvalue weighted by molar-refractivity contribution is 5.46. The highest BCUT2D eigenvalue weighted by Crippen LogP contribution is 2.42. The van der Waals surface area contributed by atoms with Crippen molar-refractivity contribution in [2.75, 3.05) is 13.6 Å². The average molecular weight is 352 g/mol. The molecule has 0 amide bonds. The van der Waals surface area contributed by atoms with Crippen LogP contribution < -0.4 is 18.9 Å². The fourth-order valence-corrected chi connectivity index (χ4v) is 4.51. The van der Waals surface area contributed by atoms with Crippen molar-refractivity contribution >= 4 is 0 Å². The maximum absolute atomic E-state index is 5.55. The minimum Gasteiger partial charge on any atom is -0.454 e. The molecule has 0 spiro atoms. The van der Waals surface area contributed by atoms with E-state index in [-0.39, 0.29) is 0 Å². The summed E-state index contributed by atoms with van der Waals surface area (Å²) < 4.78 is 22.0. The second kappa shape index (κ2) is 6.75. The molecule has 0 unspecified atom stereocenters. The van der Waals surface area contributed by atoms with Crippen molar-refractivity contribution in [2.24, 2.45) is 0 Å². The number of ether oxygens (including phenoxy) is 4. The fourth-order valence-electron chi connectivity index (χ4n) is 4.51. The maximum Gasteiger partial charge on any atom is 0.231 e. The molecule has 4 nitrogen and oxygen atoms in total. The van der Waals surface area contributed by atoms with Gasteiger partial charge in [-0.3, -0.25) is 0 Å². The van der Waals surface area contributed by atoms with Gasteiger partial charge in [0.25, 0.3) is 0 Å². The number of hydrogen-bond donors (Lipinski definition) is 0. The van der Waals surface area contributed by atoms with Crippen LogP contribution in [0.15, 0.2) is 36.4 Å². The van der Waals surface area contributed by atoms with Crippen LogP contribution in [0.5, 0.6) is 23.0 Å². The highest BCUT2D eigenvalue weighted by atomic mass is 16.7. The molecule has 3 aliphatic rings. The molecule has 2 aromatic rings. The lowest BCUT2D eigenvalue weighted by atomic mass is 9.80. The van der Waals surface area contributed by atoms with Gasteiger partial charge in [-0.1, -0.05) is 25.0 Å². The van der Waals surface area contributed by atoms with Crippen LogP contribution in [0.3, 0.4) is 0 Å². The van der Waals surface area contributed by atoms with Crippen molar-refractivity contribution < 1.29 is 18.9 Å². The highest BCUT2D eigenvalue weighted by Gasteiger charge is 2.23. The third-order valence-electron chi connectivity index (χ3n) is 5.95. The van der Waals surface area contributed by atoms with E-state index in [9.17, 15) is 0 Å². The summed E-state index contributed by atoms with van der Waals surface area (Å²) in [4.78, 5) is 0. The Hall–Kier alpha value is -2.36. The SMILES string of the molecule is c1cc2c(cc1C1CCCC(c3ccc4c(c3)OCO4)CCC1)OCO2. The molecule has 0 bridgehead atoms. The summed E-state index contributed by atoms with van der Waals surface area (Å²) in [5, 5.41) is 0. The molecule has 2 aromatic carbocycles. The van der Waals surface area contributed by atoms with Crippen LogP contribution in [0.1, 0.15) is 61.5 Å². The Labute approximate surface area is 154 Å². The second-order valence-electron chi connectivity index (χ2n) is 7.48. The normalized spacial score (nSPS) is 24.2. The zero-order valence-electron chi connectivity index (χ0n) is 14.9. The Balaban J connectivity index is 1.26. The van der Waals surface area contributed by atoms with Gasteiger partial charge < -0.3 is 18.9 Å². The molecule has 26 heavy (non-hydrogen) atoms. The second-order valence-corrected chi connectivity index (χ2v) is 7.48. The first-order chi connectivity index (χ1) is 12.9. The number of fused-ring (bicyclic) bond motifs is 2. The minimum absolute atomic E-state index is 0.348. The van der Waals surface area contributed by atoms with E-state index >= 15 is 0 Å². The topological polar surface area (TPSA) is 36.9 Å². The standard InChI is InChI=1S/C22H24O4/c1-3-15(17-7-9-19-21(11-17)25-13-23-19)5-2-6-16(4-1)18-8-10-20-22(12-18)26-14-24-20/h7-12,15-16H,1-6,13-14H2. The predicted octanol–water partition coefficient (Wildman–Crippen LogP) is 5.37. The first-order valence-corrected chi connectivity index (χ1v) is 9.66. The molecule has 0 atom stereocenters. The molecule has 0 N–H and O–H groups in total. The summed E-state index contributed by atoms with van der Waals surface area (Å²) in [5.41, 5.74) is 2.80. The van der Waals surface area contributed by atoms with Gasteiger partial charge in [-0.15, -0.1) is 0 Å². The van der Waals surface area contributed by atoms with Crippen molar-refractivity contribution in [3.63, 3.8) is 0 Å². The van der Waals surface area contributed by atoms with E-state index in [1.807, 2.05) is 0 Å². The van der Waals surface area contributed by atoms with Gasteiger partial charge in [0, 0.05) is 0 Å². The summed E-state index contributed by atoms with van der Waals surface area (Å²) >= 11 is 0. The first-order valence-electron chi connectivity index (χ1n) is 9.66. The summed E-state index contributed by atoms with van der Waals surface area (Å²) in [6.45, 7) is 0.696. The molecule has 1 saturated carbocycles. The quantitative estimate of drug-likeness (QED) is 0.728. The summed E-state index contributed by atoms with van der Waals surface area (Å²) in [6, 6.07) is 12.9. The van der Waals surface area contributed by atoms with Crippen molar-refractivity contribution in [3.05, 3.63) is 47.5 Å². The number of benzene rings is 2. The van der Waals surface area contributed by atoms with Gasteiger partial charge >= 0.3 is 0 Å². The van der Waals surface area contributed by atoms with E-state index < -0.39 is 0 Å². The summed E-state index contributed by atoms with van der Waals surface area (Å²) in [7, 11) is 0. The van der Waals surface area contributed by atoms with Gasteiger partial charge in [0.2, 0.25) is 13.6 Å². The minimum atomic E-state index is 0.348. The van der Waals surface area contributed by atoms with Gasteiger partial charge in [0.05, 0.1) is 0 Å². The van der Waals surface area contributed by atoms with Gasteiger partial charge in [0.1, 0.15) is 0 Å². The van der Waals surface area contributed by atoms with Crippen molar-refractivity contribution in [1.82, 2.24) is 0 Å². The van der Waals surface area contributed by atoms with Crippen LogP contribution in [-0.4, -0.2) is 13.6 Å². The van der Waals surface area contributed by atoms with Crippen molar-refractivity contribution in [2.45, 2.75) is 50.4 Å². The number of rotatable bonds is 2. The van der Waals surface area contributed by atoms with Crippen LogP contribution >= 0.6 is 0 Å². The largest absolute Gasteiger partial charge is 0.454 e. The Morgan fingerprint density at radius 2 is 0.962 bits per heavy atom. The van der Waals surface area contributed by atoms with E-state index in [2.05, 4.69) is 36.4 Å². The maximum atomic E-state index is 5.55. The third-order valence-corrected chi connectivity index (χ3v) is 5.95. The summed E-state index contributed by atoms with van der Waals surface area (Å²) in [6.07, 6.45) is 7.44. The molecular weight excluding hydrogens is 328 g/mol. The van der Waals surface area contributed by atoms with Gasteiger partial charge in [-0.25, -0.2) is 0 Å². The Bertz CT molecular complexity index is 725. The van der Waals surface area contributed by atoms with E-state index in [4.69, 9.17) is 18.9 Å². The van der Waals surface area contributed by atoms with Gasteiger partial charge in [0.15, 0.2) is 23.0 Å². The smallest absolute Gasteiger partial charge is 0.231 e. The van der Waals surface area contributed by atoms with Crippen LogP contribution in [-0.2, 0) is 0 Å². The summed E-state index contributed by atoms with van der Waals surface area (Å²) in [5.74, 6) is 4.82.